The molecule has 0 aromatic carbocycles. The number of carboxylic acids is 1. The van der Waals surface area contributed by atoms with E-state index in [4.69, 9.17) is 10.4 Å². The molecule has 4 heteroatoms. The Balaban J connectivity index is 2.37. The fraction of sp³-hybridized carbons (Fsp3) is 0.833. The van der Waals surface area contributed by atoms with Gasteiger partial charge >= 0.3 is 5.97 Å². The molecule has 2 atom stereocenters. The lowest BCUT2D eigenvalue weighted by molar-refractivity contribution is -0.138. The van der Waals surface area contributed by atoms with Gasteiger partial charge in [-0.25, -0.2) is 0 Å². The van der Waals surface area contributed by atoms with Gasteiger partial charge in [-0.1, -0.05) is 6.92 Å². The van der Waals surface area contributed by atoms with Crippen molar-refractivity contribution in [2.75, 3.05) is 19.6 Å². The monoisotopic (exact) mass is 224 g/mol. The van der Waals surface area contributed by atoms with Crippen molar-refractivity contribution >= 4 is 5.97 Å². The van der Waals surface area contributed by atoms with Crippen LogP contribution in [0.5, 0.6) is 0 Å². The first-order valence-electron chi connectivity index (χ1n) is 5.94. The predicted molar refractivity (Wildman–Crippen MR) is 60.8 cm³/mol. The Morgan fingerprint density at radius 3 is 3.06 bits per heavy atom. The van der Waals surface area contributed by atoms with Gasteiger partial charge in [-0.3, -0.25) is 4.79 Å². The van der Waals surface area contributed by atoms with E-state index in [2.05, 4.69) is 11.0 Å². The molecule has 0 bridgehead atoms. The highest BCUT2D eigenvalue weighted by molar-refractivity contribution is 5.66. The van der Waals surface area contributed by atoms with E-state index in [1.807, 2.05) is 6.92 Å². The van der Waals surface area contributed by atoms with E-state index in [9.17, 15) is 4.79 Å². The first kappa shape index (κ1) is 13.0. The summed E-state index contributed by atoms with van der Waals surface area (Å²) in [5.74, 6) is 0.00702. The SMILES string of the molecule is CC(CC(=O)O)C1CCCN(CCC#N)C1. The van der Waals surface area contributed by atoms with Crippen LogP contribution in [-0.2, 0) is 4.79 Å². The average Bonchev–Trinajstić information content (AvgIpc) is 2.26. The molecule has 4 nitrogen and oxygen atoms in total. The molecule has 0 saturated carbocycles. The first-order chi connectivity index (χ1) is 7.63. The number of hydrogen-bond donors (Lipinski definition) is 1. The Morgan fingerprint density at radius 2 is 2.44 bits per heavy atom. The van der Waals surface area contributed by atoms with Crippen LogP contribution >= 0.6 is 0 Å². The molecular formula is C12H20N2O2. The summed E-state index contributed by atoms with van der Waals surface area (Å²) in [6, 6.07) is 2.16. The molecule has 16 heavy (non-hydrogen) atoms. The van der Waals surface area contributed by atoms with Gasteiger partial charge in [0.25, 0.3) is 0 Å². The second kappa shape index (κ2) is 6.49. The van der Waals surface area contributed by atoms with Crippen LogP contribution in [0, 0.1) is 23.2 Å². The second-order valence-electron chi connectivity index (χ2n) is 4.69. The van der Waals surface area contributed by atoms with E-state index in [0.29, 0.717) is 12.3 Å². The highest BCUT2D eigenvalue weighted by atomic mass is 16.4. The summed E-state index contributed by atoms with van der Waals surface area (Å²) < 4.78 is 0. The van der Waals surface area contributed by atoms with Gasteiger partial charge < -0.3 is 10.0 Å². The van der Waals surface area contributed by atoms with E-state index in [-0.39, 0.29) is 12.3 Å². The zero-order valence-corrected chi connectivity index (χ0v) is 9.85. The Labute approximate surface area is 96.9 Å². The number of aliphatic carboxylic acids is 1. The standard InChI is InChI=1S/C12H20N2O2/c1-10(8-12(15)16)11-4-2-6-14(9-11)7-3-5-13/h10-11H,2-4,6-9H2,1H3,(H,15,16). The quantitative estimate of drug-likeness (QED) is 0.772. The Morgan fingerprint density at radius 1 is 1.69 bits per heavy atom. The minimum atomic E-state index is -0.707. The first-order valence-corrected chi connectivity index (χ1v) is 5.94. The third-order valence-corrected chi connectivity index (χ3v) is 3.38. The zero-order valence-electron chi connectivity index (χ0n) is 9.85. The van der Waals surface area contributed by atoms with Crippen LogP contribution in [0.1, 0.15) is 32.6 Å². The fourth-order valence-corrected chi connectivity index (χ4v) is 2.41. The maximum Gasteiger partial charge on any atom is 0.303 e. The minimum absolute atomic E-state index is 0.238. The van der Waals surface area contributed by atoms with Gasteiger partial charge in [-0.05, 0) is 31.2 Å². The lowest BCUT2D eigenvalue weighted by Crippen LogP contribution is -2.38. The average molecular weight is 224 g/mol. The van der Waals surface area contributed by atoms with Gasteiger partial charge in [0.05, 0.1) is 6.07 Å². The molecule has 1 N–H and O–H groups in total. The lowest BCUT2D eigenvalue weighted by Gasteiger charge is -2.35. The van der Waals surface area contributed by atoms with Crippen molar-refractivity contribution < 1.29 is 9.90 Å². The van der Waals surface area contributed by atoms with Crippen molar-refractivity contribution in [3.05, 3.63) is 0 Å². The van der Waals surface area contributed by atoms with Crippen LogP contribution in [-0.4, -0.2) is 35.6 Å². The zero-order chi connectivity index (χ0) is 12.0. The topological polar surface area (TPSA) is 64.3 Å². The predicted octanol–water partition coefficient (Wildman–Crippen LogP) is 1.72. The second-order valence-corrected chi connectivity index (χ2v) is 4.69. The number of nitriles is 1. The molecule has 1 heterocycles. The lowest BCUT2D eigenvalue weighted by atomic mass is 9.84. The van der Waals surface area contributed by atoms with Crippen molar-refractivity contribution in [3.63, 3.8) is 0 Å². The van der Waals surface area contributed by atoms with Gasteiger partial charge in [0.15, 0.2) is 0 Å². The normalized spacial score (nSPS) is 23.6. The molecule has 0 spiro atoms. The Kier molecular flexibility index (Phi) is 5.27. The highest BCUT2D eigenvalue weighted by Crippen LogP contribution is 2.25. The van der Waals surface area contributed by atoms with Gasteiger partial charge in [0.2, 0.25) is 0 Å². The molecule has 0 aliphatic carbocycles. The molecule has 1 fully saturated rings. The largest absolute Gasteiger partial charge is 0.481 e. The molecule has 1 saturated heterocycles. The number of carboxylic acid groups (broad SMARTS) is 1. The molecular weight excluding hydrogens is 204 g/mol. The highest BCUT2D eigenvalue weighted by Gasteiger charge is 2.25. The molecule has 2 unspecified atom stereocenters. The van der Waals surface area contributed by atoms with E-state index < -0.39 is 5.97 Å². The number of nitrogens with zero attached hydrogens (tertiary/aromatic N) is 2. The van der Waals surface area contributed by atoms with Crippen molar-refractivity contribution in [1.82, 2.24) is 4.90 Å². The van der Waals surface area contributed by atoms with Crippen molar-refractivity contribution in [1.29, 1.82) is 5.26 Å². The molecule has 1 rings (SSSR count). The third kappa shape index (κ3) is 4.19. The van der Waals surface area contributed by atoms with Crippen LogP contribution < -0.4 is 0 Å². The van der Waals surface area contributed by atoms with E-state index in [1.54, 1.807) is 0 Å². The van der Waals surface area contributed by atoms with E-state index in [1.165, 1.54) is 0 Å². The molecule has 90 valence electrons. The van der Waals surface area contributed by atoms with Crippen LogP contribution in [0.4, 0.5) is 0 Å². The van der Waals surface area contributed by atoms with E-state index in [0.717, 1.165) is 32.5 Å². The van der Waals surface area contributed by atoms with Gasteiger partial charge in [-0.2, -0.15) is 5.26 Å². The summed E-state index contributed by atoms with van der Waals surface area (Å²) in [5, 5.41) is 17.3. The number of piperidine rings is 1. The minimum Gasteiger partial charge on any atom is -0.481 e. The summed E-state index contributed by atoms with van der Waals surface area (Å²) in [7, 11) is 0. The molecule has 0 amide bonds. The molecule has 0 aromatic rings. The molecule has 1 aliphatic heterocycles. The Hall–Kier alpha value is -1.08. The van der Waals surface area contributed by atoms with Crippen LogP contribution in [0.25, 0.3) is 0 Å². The molecule has 0 radical (unpaired) electrons. The summed E-state index contributed by atoms with van der Waals surface area (Å²) in [6.45, 7) is 4.85. The molecule has 1 aliphatic rings. The third-order valence-electron chi connectivity index (χ3n) is 3.38. The number of likely N-dealkylation sites (tertiary alicyclic amines) is 1. The summed E-state index contributed by atoms with van der Waals surface area (Å²) in [6.07, 6.45) is 3.08. The van der Waals surface area contributed by atoms with Gasteiger partial charge in [0, 0.05) is 25.9 Å². The van der Waals surface area contributed by atoms with Crippen LogP contribution in [0.15, 0.2) is 0 Å². The van der Waals surface area contributed by atoms with Crippen molar-refractivity contribution in [3.8, 4) is 6.07 Å². The van der Waals surface area contributed by atoms with Crippen LogP contribution in [0.2, 0.25) is 0 Å². The van der Waals surface area contributed by atoms with Crippen molar-refractivity contribution in [2.24, 2.45) is 11.8 Å². The number of rotatable bonds is 5. The van der Waals surface area contributed by atoms with Gasteiger partial charge in [-0.15, -0.1) is 0 Å². The van der Waals surface area contributed by atoms with Crippen LogP contribution in [0.3, 0.4) is 0 Å². The molecule has 0 aromatic heterocycles. The fourth-order valence-electron chi connectivity index (χ4n) is 2.41. The van der Waals surface area contributed by atoms with Crippen molar-refractivity contribution in [2.45, 2.75) is 32.6 Å². The maximum atomic E-state index is 10.6. The van der Waals surface area contributed by atoms with Gasteiger partial charge in [0.1, 0.15) is 0 Å². The summed E-state index contributed by atoms with van der Waals surface area (Å²) in [5.41, 5.74) is 0. The number of carbonyl (C=O) groups is 1. The summed E-state index contributed by atoms with van der Waals surface area (Å²) in [4.78, 5) is 12.9. The summed E-state index contributed by atoms with van der Waals surface area (Å²) >= 11 is 0. The maximum absolute atomic E-state index is 10.6. The Bertz CT molecular complexity index is 273. The smallest absolute Gasteiger partial charge is 0.303 e. The van der Waals surface area contributed by atoms with E-state index >= 15 is 0 Å². The number of hydrogen-bond acceptors (Lipinski definition) is 3.